The number of rotatable bonds is 2. The normalized spacial score (nSPS) is 25.4. The minimum atomic E-state index is -0.107. The van der Waals surface area contributed by atoms with Crippen molar-refractivity contribution in [3.63, 3.8) is 0 Å². The van der Waals surface area contributed by atoms with Gasteiger partial charge in [-0.25, -0.2) is 4.98 Å². The molecule has 25 heavy (non-hydrogen) atoms. The first-order valence-electron chi connectivity index (χ1n) is 8.64. The van der Waals surface area contributed by atoms with Gasteiger partial charge in [-0.3, -0.25) is 4.40 Å². The highest BCUT2D eigenvalue weighted by atomic mass is 16.4. The van der Waals surface area contributed by atoms with Crippen molar-refractivity contribution in [3.8, 4) is 6.07 Å². The highest BCUT2D eigenvalue weighted by Gasteiger charge is 2.54. The van der Waals surface area contributed by atoms with Crippen molar-refractivity contribution in [1.29, 1.82) is 5.26 Å². The number of imidazole rings is 1. The van der Waals surface area contributed by atoms with E-state index in [1.54, 1.807) is 0 Å². The van der Waals surface area contributed by atoms with Gasteiger partial charge in [-0.15, -0.1) is 10.2 Å². The van der Waals surface area contributed by atoms with Gasteiger partial charge in [-0.05, 0) is 30.9 Å². The topological polar surface area (TPSA) is 83.3 Å². The second kappa shape index (κ2) is 5.06. The third kappa shape index (κ3) is 1.94. The molecule has 2 fully saturated rings. The minimum absolute atomic E-state index is 0.107. The second-order valence-electron chi connectivity index (χ2n) is 7.08. The first-order chi connectivity index (χ1) is 12.2. The van der Waals surface area contributed by atoms with Crippen LogP contribution in [0.25, 0.3) is 5.65 Å². The molecule has 0 bridgehead atoms. The van der Waals surface area contributed by atoms with Gasteiger partial charge in [0, 0.05) is 26.2 Å². The largest absolute Gasteiger partial charge is 0.425 e. The number of fused-ring (bicyclic) bond motifs is 2. The highest BCUT2D eigenvalue weighted by molar-refractivity contribution is 5.61. The maximum Gasteiger partial charge on any atom is 0.224 e. The Labute approximate surface area is 144 Å². The van der Waals surface area contributed by atoms with Crippen molar-refractivity contribution in [2.75, 3.05) is 18.0 Å². The Morgan fingerprint density at radius 2 is 2.28 bits per heavy atom. The van der Waals surface area contributed by atoms with Crippen LogP contribution >= 0.6 is 0 Å². The van der Waals surface area contributed by atoms with Gasteiger partial charge in [0.15, 0.2) is 11.5 Å². The molecule has 7 heteroatoms. The van der Waals surface area contributed by atoms with Gasteiger partial charge in [0.05, 0.1) is 5.41 Å². The van der Waals surface area contributed by atoms with Crippen molar-refractivity contribution >= 4 is 11.5 Å². The predicted molar refractivity (Wildman–Crippen MR) is 90.2 cm³/mol. The number of nitriles is 1. The molecular formula is C18H18N6O. The minimum Gasteiger partial charge on any atom is -0.425 e. The molecule has 7 nitrogen and oxygen atoms in total. The van der Waals surface area contributed by atoms with Crippen LogP contribution in [0.5, 0.6) is 0 Å². The molecule has 126 valence electrons. The van der Waals surface area contributed by atoms with E-state index in [0.29, 0.717) is 17.5 Å². The van der Waals surface area contributed by atoms with Crippen molar-refractivity contribution in [2.24, 2.45) is 5.92 Å². The molecule has 0 N–H and O–H groups in total. The Morgan fingerprint density at radius 1 is 1.36 bits per heavy atom. The zero-order chi connectivity index (χ0) is 17.0. The number of aromatic nitrogens is 4. The quantitative estimate of drug-likeness (QED) is 0.716. The van der Waals surface area contributed by atoms with Crippen molar-refractivity contribution in [1.82, 2.24) is 19.6 Å². The molecule has 0 amide bonds. The number of nitrogens with zero attached hydrogens (tertiary/aromatic N) is 6. The molecule has 3 aromatic heterocycles. The summed E-state index contributed by atoms with van der Waals surface area (Å²) in [4.78, 5) is 6.95. The zero-order valence-corrected chi connectivity index (χ0v) is 14.0. The molecule has 4 heterocycles. The zero-order valence-electron chi connectivity index (χ0n) is 14.0. The van der Waals surface area contributed by atoms with E-state index in [1.165, 1.54) is 6.42 Å². The highest BCUT2D eigenvalue weighted by Crippen LogP contribution is 2.51. The first kappa shape index (κ1) is 14.5. The van der Waals surface area contributed by atoms with Gasteiger partial charge in [-0.2, -0.15) is 5.26 Å². The molecule has 0 unspecified atom stereocenters. The van der Waals surface area contributed by atoms with Gasteiger partial charge in [0.1, 0.15) is 11.7 Å². The van der Waals surface area contributed by atoms with E-state index in [9.17, 15) is 5.26 Å². The van der Waals surface area contributed by atoms with Crippen LogP contribution in [0, 0.1) is 24.2 Å². The molecule has 2 atom stereocenters. The van der Waals surface area contributed by atoms with Crippen LogP contribution in [0.4, 0.5) is 5.82 Å². The van der Waals surface area contributed by atoms with Gasteiger partial charge in [0.2, 0.25) is 11.8 Å². The van der Waals surface area contributed by atoms with Crippen molar-refractivity contribution in [3.05, 3.63) is 41.9 Å². The molecular weight excluding hydrogens is 316 g/mol. The summed E-state index contributed by atoms with van der Waals surface area (Å²) in [6, 6.07) is 8.11. The fourth-order valence-electron chi connectivity index (χ4n) is 4.61. The molecule has 1 saturated heterocycles. The van der Waals surface area contributed by atoms with Crippen LogP contribution in [-0.4, -0.2) is 32.7 Å². The van der Waals surface area contributed by atoms with Crippen LogP contribution in [0.15, 0.2) is 28.8 Å². The molecule has 0 radical (unpaired) electrons. The molecule has 1 saturated carbocycles. The van der Waals surface area contributed by atoms with Crippen LogP contribution in [0.1, 0.15) is 36.7 Å². The average Bonchev–Trinajstić information content (AvgIpc) is 3.34. The van der Waals surface area contributed by atoms with Gasteiger partial charge < -0.3 is 9.32 Å². The Balaban J connectivity index is 1.59. The summed E-state index contributed by atoms with van der Waals surface area (Å²) in [7, 11) is 0. The smallest absolute Gasteiger partial charge is 0.224 e. The van der Waals surface area contributed by atoms with Gasteiger partial charge in [-0.1, -0.05) is 12.5 Å². The van der Waals surface area contributed by atoms with E-state index < -0.39 is 0 Å². The molecule has 3 aromatic rings. The van der Waals surface area contributed by atoms with Crippen LogP contribution in [0.3, 0.4) is 0 Å². The van der Waals surface area contributed by atoms with Crippen LogP contribution < -0.4 is 4.90 Å². The molecule has 1 aliphatic carbocycles. The first-order valence-corrected chi connectivity index (χ1v) is 8.64. The number of hydrogen-bond acceptors (Lipinski definition) is 6. The van der Waals surface area contributed by atoms with Gasteiger partial charge in [0.25, 0.3) is 0 Å². The summed E-state index contributed by atoms with van der Waals surface area (Å²) in [6.45, 7) is 3.48. The lowest BCUT2D eigenvalue weighted by molar-refractivity contribution is 0.299. The lowest BCUT2D eigenvalue weighted by Crippen LogP contribution is -2.32. The molecule has 1 aliphatic heterocycles. The van der Waals surface area contributed by atoms with Gasteiger partial charge >= 0.3 is 0 Å². The number of anilines is 1. The number of pyridine rings is 1. The van der Waals surface area contributed by atoms with E-state index >= 15 is 0 Å². The SMILES string of the molecule is Cc1nnc([C@]23CCC[C@H]2CN(c2nc4ccccn4c2C#N)C3)o1. The lowest BCUT2D eigenvalue weighted by Gasteiger charge is -2.24. The van der Waals surface area contributed by atoms with Crippen LogP contribution in [-0.2, 0) is 5.41 Å². The Bertz CT molecular complexity index is 999. The molecule has 5 rings (SSSR count). The average molecular weight is 334 g/mol. The number of hydrogen-bond donors (Lipinski definition) is 0. The van der Waals surface area contributed by atoms with Crippen molar-refractivity contribution in [2.45, 2.75) is 31.6 Å². The maximum atomic E-state index is 9.67. The fraction of sp³-hybridized carbons (Fsp3) is 0.444. The third-order valence-electron chi connectivity index (χ3n) is 5.74. The number of aryl methyl sites for hydroxylation is 1. The molecule has 0 aromatic carbocycles. The molecule has 0 spiro atoms. The maximum absolute atomic E-state index is 9.67. The monoisotopic (exact) mass is 334 g/mol. The second-order valence-corrected chi connectivity index (χ2v) is 7.08. The Kier molecular flexibility index (Phi) is 2.93. The van der Waals surface area contributed by atoms with Crippen molar-refractivity contribution < 1.29 is 4.42 Å². The third-order valence-corrected chi connectivity index (χ3v) is 5.74. The predicted octanol–water partition coefficient (Wildman–Crippen LogP) is 2.46. The van der Waals surface area contributed by atoms with E-state index in [4.69, 9.17) is 9.40 Å². The summed E-state index contributed by atoms with van der Waals surface area (Å²) >= 11 is 0. The molecule has 2 aliphatic rings. The Hall–Kier alpha value is -2.88. The summed E-state index contributed by atoms with van der Waals surface area (Å²) < 4.78 is 7.69. The Morgan fingerprint density at radius 3 is 3.08 bits per heavy atom. The fourth-order valence-corrected chi connectivity index (χ4v) is 4.61. The lowest BCUT2D eigenvalue weighted by atomic mass is 9.80. The summed E-state index contributed by atoms with van der Waals surface area (Å²) in [6.07, 6.45) is 5.26. The summed E-state index contributed by atoms with van der Waals surface area (Å²) in [5.41, 5.74) is 1.28. The van der Waals surface area contributed by atoms with E-state index in [1.807, 2.05) is 35.7 Å². The summed E-state index contributed by atoms with van der Waals surface area (Å²) in [5, 5.41) is 18.1. The van der Waals surface area contributed by atoms with E-state index in [-0.39, 0.29) is 5.41 Å². The van der Waals surface area contributed by atoms with E-state index in [2.05, 4.69) is 21.2 Å². The standard InChI is InChI=1S/C18H18N6O/c1-12-21-22-17(25-12)18-7-4-5-13(18)10-23(11-18)16-14(9-19)24-8-3-2-6-15(24)20-16/h2-3,6,8,13H,4-5,7,10-11H2,1H3/t13-,18-/m0/s1. The van der Waals surface area contributed by atoms with E-state index in [0.717, 1.165) is 43.3 Å². The summed E-state index contributed by atoms with van der Waals surface area (Å²) in [5.74, 6) is 2.58. The van der Waals surface area contributed by atoms with Crippen LogP contribution in [0.2, 0.25) is 0 Å².